The van der Waals surface area contributed by atoms with Crippen molar-refractivity contribution in [2.24, 2.45) is 0 Å². The lowest BCUT2D eigenvalue weighted by Crippen LogP contribution is -2.24. The zero-order chi connectivity index (χ0) is 19.1. The van der Waals surface area contributed by atoms with E-state index in [1.807, 2.05) is 85.8 Å². The number of benzene rings is 3. The van der Waals surface area contributed by atoms with Crippen LogP contribution < -0.4 is 10.1 Å². The van der Waals surface area contributed by atoms with Crippen molar-refractivity contribution in [3.8, 4) is 11.5 Å². The first-order chi connectivity index (χ1) is 13.1. The summed E-state index contributed by atoms with van der Waals surface area (Å²) in [5.41, 5.74) is 0.746. The maximum atomic E-state index is 12.6. The average Bonchev–Trinajstić information content (AvgIpc) is 2.70. The molecule has 1 amide bonds. The molecule has 1 atom stereocenters. The molecule has 0 heterocycles. The second-order valence-electron chi connectivity index (χ2n) is 5.90. The lowest BCUT2D eigenvalue weighted by Gasteiger charge is -2.15. The first kappa shape index (κ1) is 19.3. The van der Waals surface area contributed by atoms with Crippen LogP contribution in [0.2, 0.25) is 5.02 Å². The summed E-state index contributed by atoms with van der Waals surface area (Å²) in [5, 5.41) is 3.49. The van der Waals surface area contributed by atoms with Crippen LogP contribution in [0.5, 0.6) is 11.5 Å². The van der Waals surface area contributed by atoms with Gasteiger partial charge in [0, 0.05) is 15.6 Å². The third-order valence-corrected chi connectivity index (χ3v) is 5.48. The van der Waals surface area contributed by atoms with Crippen LogP contribution in [0.3, 0.4) is 0 Å². The smallest absolute Gasteiger partial charge is 0.237 e. The molecule has 0 aromatic heterocycles. The van der Waals surface area contributed by atoms with E-state index in [0.717, 1.165) is 28.5 Å². The Morgan fingerprint density at radius 1 is 0.963 bits per heavy atom. The van der Waals surface area contributed by atoms with Crippen molar-refractivity contribution in [3.63, 3.8) is 0 Å². The molecule has 138 valence electrons. The molecule has 0 aliphatic carbocycles. The highest BCUT2D eigenvalue weighted by atomic mass is 35.5. The van der Waals surface area contributed by atoms with Crippen LogP contribution in [0, 0.1) is 0 Å². The first-order valence-electron chi connectivity index (χ1n) is 8.70. The molecule has 1 N–H and O–H groups in total. The highest BCUT2D eigenvalue weighted by molar-refractivity contribution is 8.00. The maximum Gasteiger partial charge on any atom is 0.237 e. The number of hydrogen-bond donors (Lipinski definition) is 1. The lowest BCUT2D eigenvalue weighted by atomic mass is 10.2. The molecule has 3 nitrogen and oxygen atoms in total. The summed E-state index contributed by atoms with van der Waals surface area (Å²) in [6.07, 6.45) is 0.730. The van der Waals surface area contributed by atoms with Crippen LogP contribution in [0.1, 0.15) is 13.3 Å². The van der Waals surface area contributed by atoms with Gasteiger partial charge in [0.1, 0.15) is 11.5 Å². The molecule has 0 bridgehead atoms. The van der Waals surface area contributed by atoms with Gasteiger partial charge in [-0.15, -0.1) is 11.8 Å². The predicted octanol–water partition coefficient (Wildman–Crippen LogP) is 6.64. The third-order valence-electron chi connectivity index (χ3n) is 3.86. The summed E-state index contributed by atoms with van der Waals surface area (Å²) in [5.74, 6) is 1.48. The summed E-state index contributed by atoms with van der Waals surface area (Å²) in [4.78, 5) is 13.6. The molecule has 0 saturated carbocycles. The molecule has 0 spiro atoms. The number of hydrogen-bond acceptors (Lipinski definition) is 3. The van der Waals surface area contributed by atoms with Crippen molar-refractivity contribution >= 4 is 35.0 Å². The van der Waals surface area contributed by atoms with Gasteiger partial charge in [-0.25, -0.2) is 0 Å². The van der Waals surface area contributed by atoms with Gasteiger partial charge in [0.05, 0.1) is 5.25 Å². The van der Waals surface area contributed by atoms with E-state index in [1.165, 1.54) is 11.8 Å². The van der Waals surface area contributed by atoms with Gasteiger partial charge in [-0.05, 0) is 67.1 Å². The molecule has 5 heteroatoms. The van der Waals surface area contributed by atoms with Crippen molar-refractivity contribution in [1.29, 1.82) is 0 Å². The van der Waals surface area contributed by atoms with E-state index < -0.39 is 0 Å². The maximum absolute atomic E-state index is 12.6. The number of para-hydroxylation sites is 1. The highest BCUT2D eigenvalue weighted by Crippen LogP contribution is 2.28. The minimum Gasteiger partial charge on any atom is -0.457 e. The van der Waals surface area contributed by atoms with E-state index in [0.29, 0.717) is 5.02 Å². The van der Waals surface area contributed by atoms with Gasteiger partial charge < -0.3 is 10.1 Å². The number of thioether (sulfide) groups is 1. The van der Waals surface area contributed by atoms with Gasteiger partial charge in [-0.1, -0.05) is 36.7 Å². The van der Waals surface area contributed by atoms with E-state index >= 15 is 0 Å². The van der Waals surface area contributed by atoms with Crippen LogP contribution >= 0.6 is 23.4 Å². The van der Waals surface area contributed by atoms with Crippen molar-refractivity contribution in [2.45, 2.75) is 23.5 Å². The molecule has 3 aromatic rings. The van der Waals surface area contributed by atoms with Crippen molar-refractivity contribution in [3.05, 3.63) is 83.9 Å². The van der Waals surface area contributed by atoms with Crippen molar-refractivity contribution in [2.75, 3.05) is 5.32 Å². The zero-order valence-electron chi connectivity index (χ0n) is 14.9. The number of nitrogens with one attached hydrogen (secondary N) is 1. The largest absolute Gasteiger partial charge is 0.457 e. The number of ether oxygens (including phenoxy) is 1. The van der Waals surface area contributed by atoms with Crippen LogP contribution in [0.4, 0.5) is 5.69 Å². The first-order valence-corrected chi connectivity index (χ1v) is 9.96. The minimum atomic E-state index is -0.175. The minimum absolute atomic E-state index is 0.0193. The molecule has 0 fully saturated rings. The fourth-order valence-corrected chi connectivity index (χ4v) is 3.53. The second-order valence-corrected chi connectivity index (χ2v) is 7.61. The summed E-state index contributed by atoms with van der Waals surface area (Å²) in [6, 6.07) is 24.5. The van der Waals surface area contributed by atoms with Crippen LogP contribution in [0.25, 0.3) is 0 Å². The Kier molecular flexibility index (Phi) is 6.80. The van der Waals surface area contributed by atoms with Gasteiger partial charge in [-0.3, -0.25) is 4.79 Å². The Bertz CT molecular complexity index is 867. The highest BCUT2D eigenvalue weighted by Gasteiger charge is 2.18. The van der Waals surface area contributed by atoms with Gasteiger partial charge in [0.15, 0.2) is 0 Å². The van der Waals surface area contributed by atoms with Crippen molar-refractivity contribution < 1.29 is 9.53 Å². The van der Waals surface area contributed by atoms with Gasteiger partial charge in [-0.2, -0.15) is 0 Å². The van der Waals surface area contributed by atoms with Crippen molar-refractivity contribution in [1.82, 2.24) is 0 Å². The van der Waals surface area contributed by atoms with E-state index in [-0.39, 0.29) is 11.2 Å². The second kappa shape index (κ2) is 9.49. The molecule has 0 saturated heterocycles. The average molecular weight is 398 g/mol. The van der Waals surface area contributed by atoms with Crippen LogP contribution in [-0.2, 0) is 4.79 Å². The standard InChI is InChI=1S/C22H20ClNO2S/c1-2-21(27-20-14-8-16(23)9-15-20)22(25)24-17-10-12-19(13-11-17)26-18-6-4-3-5-7-18/h3-15,21H,2H2,1H3,(H,24,25). The SMILES string of the molecule is CCC(Sc1ccc(Cl)cc1)C(=O)Nc1ccc(Oc2ccccc2)cc1. The normalized spacial score (nSPS) is 11.6. The molecule has 3 aromatic carbocycles. The molecule has 1 unspecified atom stereocenters. The topological polar surface area (TPSA) is 38.3 Å². The fourth-order valence-electron chi connectivity index (χ4n) is 2.45. The van der Waals surface area contributed by atoms with Gasteiger partial charge >= 0.3 is 0 Å². The number of amides is 1. The Labute approximate surface area is 168 Å². The van der Waals surface area contributed by atoms with Gasteiger partial charge in [0.25, 0.3) is 0 Å². The monoisotopic (exact) mass is 397 g/mol. The number of halogens is 1. The Balaban J connectivity index is 1.59. The fraction of sp³-hybridized carbons (Fsp3) is 0.136. The van der Waals surface area contributed by atoms with E-state index in [1.54, 1.807) is 0 Å². The molecule has 0 radical (unpaired) electrons. The van der Waals surface area contributed by atoms with Crippen LogP contribution in [0.15, 0.2) is 83.8 Å². The summed E-state index contributed by atoms with van der Waals surface area (Å²) in [7, 11) is 0. The summed E-state index contributed by atoms with van der Waals surface area (Å²) in [6.45, 7) is 2.00. The molecule has 0 aliphatic heterocycles. The predicted molar refractivity (Wildman–Crippen MR) is 113 cm³/mol. The van der Waals surface area contributed by atoms with Crippen LogP contribution in [-0.4, -0.2) is 11.2 Å². The third kappa shape index (κ3) is 5.78. The molecular formula is C22H20ClNO2S. The van der Waals surface area contributed by atoms with E-state index in [4.69, 9.17) is 16.3 Å². The number of rotatable bonds is 7. The Morgan fingerprint density at radius 2 is 1.59 bits per heavy atom. The van der Waals surface area contributed by atoms with E-state index in [9.17, 15) is 4.79 Å². The Hall–Kier alpha value is -2.43. The summed E-state index contributed by atoms with van der Waals surface area (Å²) >= 11 is 7.45. The number of carbonyl (C=O) groups excluding carboxylic acids is 1. The molecular weight excluding hydrogens is 378 g/mol. The lowest BCUT2D eigenvalue weighted by molar-refractivity contribution is -0.115. The molecule has 3 rings (SSSR count). The van der Waals surface area contributed by atoms with E-state index in [2.05, 4.69) is 5.32 Å². The summed E-state index contributed by atoms with van der Waals surface area (Å²) < 4.78 is 5.77. The Morgan fingerprint density at radius 3 is 2.22 bits per heavy atom. The number of anilines is 1. The number of carbonyl (C=O) groups is 1. The molecule has 27 heavy (non-hydrogen) atoms. The zero-order valence-corrected chi connectivity index (χ0v) is 16.5. The van der Waals surface area contributed by atoms with Gasteiger partial charge in [0.2, 0.25) is 5.91 Å². The molecule has 0 aliphatic rings. The quantitative estimate of drug-likeness (QED) is 0.454.